The summed E-state index contributed by atoms with van der Waals surface area (Å²) in [5.74, 6) is -0.714. The number of methoxy groups -OCH3 is 1. The van der Waals surface area contributed by atoms with Gasteiger partial charge in [-0.25, -0.2) is 9.59 Å². The zero-order valence-electron chi connectivity index (χ0n) is 14.5. The maximum Gasteiger partial charge on any atom is 0.407 e. The number of benzene rings is 1. The minimum absolute atomic E-state index is 0.0128. The van der Waals surface area contributed by atoms with Crippen LogP contribution in [0.4, 0.5) is 4.79 Å². The Morgan fingerprint density at radius 2 is 2.11 bits per heavy atom. The lowest BCUT2D eigenvalue weighted by Gasteiger charge is -2.44. The molecule has 2 fully saturated rings. The van der Waals surface area contributed by atoms with Crippen LogP contribution in [0.2, 0.25) is 0 Å². The van der Waals surface area contributed by atoms with E-state index in [2.05, 4.69) is 5.32 Å². The normalized spacial score (nSPS) is 32.0. The number of nitrogens with one attached hydrogen (secondary N) is 1. The molecule has 27 heavy (non-hydrogen) atoms. The molecule has 148 valence electrons. The van der Waals surface area contributed by atoms with Crippen molar-refractivity contribution in [1.29, 1.82) is 0 Å². The molecule has 0 aliphatic carbocycles. The van der Waals surface area contributed by atoms with E-state index in [9.17, 15) is 19.8 Å². The van der Waals surface area contributed by atoms with Crippen LogP contribution < -0.4 is 5.32 Å². The van der Waals surface area contributed by atoms with Gasteiger partial charge in [0.2, 0.25) is 4.93 Å². The molecule has 6 atom stereocenters. The van der Waals surface area contributed by atoms with Gasteiger partial charge in [0, 0.05) is 11.3 Å². The highest BCUT2D eigenvalue weighted by Crippen LogP contribution is 2.46. The molecule has 0 radical (unpaired) electrons. The first-order valence-corrected chi connectivity index (χ1v) is 9.16. The Morgan fingerprint density at radius 3 is 2.74 bits per heavy atom. The molecule has 3 rings (SSSR count). The van der Waals surface area contributed by atoms with Crippen LogP contribution >= 0.6 is 11.8 Å². The fourth-order valence-corrected chi connectivity index (χ4v) is 4.47. The van der Waals surface area contributed by atoms with E-state index in [4.69, 9.17) is 19.3 Å². The highest BCUT2D eigenvalue weighted by atomic mass is 32.2. The molecule has 2 heterocycles. The summed E-state index contributed by atoms with van der Waals surface area (Å²) >= 11 is 1.06. The Morgan fingerprint density at radius 1 is 1.41 bits per heavy atom. The van der Waals surface area contributed by atoms with Gasteiger partial charge in [-0.3, -0.25) is 0 Å². The molecule has 9 nitrogen and oxygen atoms in total. The smallest absolute Gasteiger partial charge is 0.407 e. The molecule has 1 amide bonds. The minimum Gasteiger partial charge on any atom is -0.466 e. The zero-order chi connectivity index (χ0) is 19.6. The van der Waals surface area contributed by atoms with Crippen LogP contribution in [0.1, 0.15) is 6.42 Å². The van der Waals surface area contributed by atoms with Crippen LogP contribution in [0.25, 0.3) is 0 Å². The Balaban J connectivity index is 1.97. The first-order valence-electron chi connectivity index (χ1n) is 8.34. The van der Waals surface area contributed by atoms with E-state index in [-0.39, 0.29) is 6.42 Å². The molecule has 0 saturated carbocycles. The van der Waals surface area contributed by atoms with Gasteiger partial charge < -0.3 is 34.8 Å². The molecular formula is C17H21NO8S. The molecule has 0 spiro atoms. The maximum absolute atomic E-state index is 12.6. The summed E-state index contributed by atoms with van der Waals surface area (Å²) in [6, 6.07) is 8.16. The van der Waals surface area contributed by atoms with Crippen LogP contribution in [0.15, 0.2) is 35.2 Å². The summed E-state index contributed by atoms with van der Waals surface area (Å²) in [5.41, 5.74) is 0. The van der Waals surface area contributed by atoms with Gasteiger partial charge in [0.1, 0.15) is 24.4 Å². The van der Waals surface area contributed by atoms with Crippen molar-refractivity contribution in [2.45, 2.75) is 46.7 Å². The molecule has 0 aromatic heterocycles. The summed E-state index contributed by atoms with van der Waals surface area (Å²) in [5, 5.41) is 32.0. The first-order chi connectivity index (χ1) is 12.9. The molecule has 1 aromatic carbocycles. The van der Waals surface area contributed by atoms with Crippen LogP contribution in [0.3, 0.4) is 0 Å². The molecule has 1 aromatic rings. The number of thioether (sulfide) groups is 1. The third-order valence-corrected chi connectivity index (χ3v) is 5.80. The Labute approximate surface area is 159 Å². The van der Waals surface area contributed by atoms with E-state index >= 15 is 0 Å². The summed E-state index contributed by atoms with van der Waals surface area (Å²) in [6.07, 6.45) is -5.80. The standard InChI is InChI=1S/C17H21NO8S/c1-24-15(22)17(27-9-5-3-2-4-6-9)7-11-12(18-16(23)25-11)14(26-17)13(21)10(20)8-19/h2-6,10-14,19-21H,7-8H2,1H3,(H,18,23)/t10-,11+,12-,13-,14-,17+/m1/s1. The number of ether oxygens (including phenoxy) is 3. The van der Waals surface area contributed by atoms with Crippen LogP contribution in [0.5, 0.6) is 0 Å². The molecular weight excluding hydrogens is 378 g/mol. The lowest BCUT2D eigenvalue weighted by Crippen LogP contribution is -2.63. The molecule has 10 heteroatoms. The van der Waals surface area contributed by atoms with Crippen molar-refractivity contribution in [3.05, 3.63) is 30.3 Å². The van der Waals surface area contributed by atoms with E-state index < -0.39 is 54.1 Å². The first kappa shape index (κ1) is 19.9. The monoisotopic (exact) mass is 399 g/mol. The minimum atomic E-state index is -1.61. The number of esters is 1. The van der Waals surface area contributed by atoms with E-state index in [1.165, 1.54) is 7.11 Å². The number of rotatable bonds is 6. The Hall–Kier alpha value is -1.85. The lowest BCUT2D eigenvalue weighted by atomic mass is 9.90. The average molecular weight is 399 g/mol. The van der Waals surface area contributed by atoms with Crippen molar-refractivity contribution < 1.29 is 39.1 Å². The Bertz CT molecular complexity index is 689. The molecule has 2 aliphatic rings. The second-order valence-electron chi connectivity index (χ2n) is 6.30. The fraction of sp³-hybridized carbons (Fsp3) is 0.529. The van der Waals surface area contributed by atoms with Crippen molar-refractivity contribution in [2.75, 3.05) is 13.7 Å². The number of hydrogen-bond donors (Lipinski definition) is 4. The lowest BCUT2D eigenvalue weighted by molar-refractivity contribution is -0.199. The van der Waals surface area contributed by atoms with Crippen LogP contribution in [0, 0.1) is 0 Å². The van der Waals surface area contributed by atoms with Crippen molar-refractivity contribution >= 4 is 23.8 Å². The fourth-order valence-electron chi connectivity index (χ4n) is 3.22. The van der Waals surface area contributed by atoms with Gasteiger partial charge in [0.05, 0.1) is 19.8 Å². The molecule has 2 aliphatic heterocycles. The number of aliphatic hydroxyl groups is 3. The van der Waals surface area contributed by atoms with Crippen LogP contribution in [-0.2, 0) is 19.0 Å². The Kier molecular flexibility index (Phi) is 5.92. The largest absolute Gasteiger partial charge is 0.466 e. The SMILES string of the molecule is COC(=O)[C@@]1(Sc2ccccc2)C[C@@H]2OC(=O)N[C@H]2[C@H]([C@H](O)[C@H](O)CO)O1. The van der Waals surface area contributed by atoms with Crippen molar-refractivity contribution in [1.82, 2.24) is 5.32 Å². The highest BCUT2D eigenvalue weighted by molar-refractivity contribution is 8.01. The van der Waals surface area contributed by atoms with Gasteiger partial charge in [-0.2, -0.15) is 0 Å². The number of carbonyl (C=O) groups excluding carboxylic acids is 2. The van der Waals surface area contributed by atoms with E-state index in [1.54, 1.807) is 24.3 Å². The predicted octanol–water partition coefficient (Wildman–Crippen LogP) is -0.372. The third kappa shape index (κ3) is 3.90. The summed E-state index contributed by atoms with van der Waals surface area (Å²) < 4.78 is 16.1. The van der Waals surface area contributed by atoms with Gasteiger partial charge in [-0.1, -0.05) is 30.0 Å². The summed E-state index contributed by atoms with van der Waals surface area (Å²) in [6.45, 7) is -0.718. The predicted molar refractivity (Wildman–Crippen MR) is 92.8 cm³/mol. The third-order valence-electron chi connectivity index (χ3n) is 4.53. The molecule has 0 unspecified atom stereocenters. The number of carbonyl (C=O) groups is 2. The number of alkyl carbamates (subject to hydrolysis) is 1. The van der Waals surface area contributed by atoms with Crippen molar-refractivity contribution in [3.8, 4) is 0 Å². The van der Waals surface area contributed by atoms with E-state index in [0.717, 1.165) is 11.8 Å². The van der Waals surface area contributed by atoms with E-state index in [0.29, 0.717) is 4.90 Å². The van der Waals surface area contributed by atoms with Crippen LogP contribution in [-0.4, -0.2) is 76.5 Å². The van der Waals surface area contributed by atoms with Gasteiger partial charge in [-0.15, -0.1) is 0 Å². The van der Waals surface area contributed by atoms with Gasteiger partial charge >= 0.3 is 12.1 Å². The second kappa shape index (κ2) is 8.03. The summed E-state index contributed by atoms with van der Waals surface area (Å²) in [7, 11) is 1.21. The van der Waals surface area contributed by atoms with Gasteiger partial charge in [0.25, 0.3) is 0 Å². The van der Waals surface area contributed by atoms with Gasteiger partial charge in [-0.05, 0) is 12.1 Å². The number of fused-ring (bicyclic) bond motifs is 1. The average Bonchev–Trinajstić information content (AvgIpc) is 3.05. The van der Waals surface area contributed by atoms with Gasteiger partial charge in [0.15, 0.2) is 0 Å². The van der Waals surface area contributed by atoms with Crippen molar-refractivity contribution in [3.63, 3.8) is 0 Å². The highest BCUT2D eigenvalue weighted by Gasteiger charge is 2.59. The number of amides is 1. The molecule has 4 N–H and O–H groups in total. The zero-order valence-corrected chi connectivity index (χ0v) is 15.3. The second-order valence-corrected chi connectivity index (χ2v) is 7.64. The summed E-state index contributed by atoms with van der Waals surface area (Å²) in [4.78, 5) is 23.5. The quantitative estimate of drug-likeness (QED) is 0.473. The van der Waals surface area contributed by atoms with Crippen molar-refractivity contribution in [2.24, 2.45) is 0 Å². The topological polar surface area (TPSA) is 135 Å². The number of aliphatic hydroxyl groups excluding tert-OH is 3. The maximum atomic E-state index is 12.6. The molecule has 0 bridgehead atoms. The van der Waals surface area contributed by atoms with E-state index in [1.807, 2.05) is 6.07 Å². The molecule has 2 saturated heterocycles. The number of hydrogen-bond acceptors (Lipinski definition) is 9.